The molecule has 0 heterocycles. The molecule has 0 aromatic heterocycles. The molecule has 0 bridgehead atoms. The lowest BCUT2D eigenvalue weighted by molar-refractivity contribution is 0.0522. The highest BCUT2D eigenvalue weighted by Gasteiger charge is 2.23. The van der Waals surface area contributed by atoms with Gasteiger partial charge in [-0.15, -0.1) is 0 Å². The smallest absolute Gasteiger partial charge is 0.0960 e. The van der Waals surface area contributed by atoms with E-state index in [1.807, 2.05) is 18.2 Å². The molecule has 13 heavy (non-hydrogen) atoms. The Balaban J connectivity index is 2.87. The van der Waals surface area contributed by atoms with Crippen LogP contribution in [0.15, 0.2) is 42.7 Å². The highest BCUT2D eigenvalue weighted by atomic mass is 19.1. The number of hydrogen-bond donors (Lipinski definition) is 1. The zero-order valence-electron chi connectivity index (χ0n) is 7.63. The van der Waals surface area contributed by atoms with E-state index in [9.17, 15) is 9.50 Å². The van der Waals surface area contributed by atoms with Crippen molar-refractivity contribution in [3.8, 4) is 0 Å². The van der Waals surface area contributed by atoms with Crippen molar-refractivity contribution in [2.45, 2.75) is 18.9 Å². The van der Waals surface area contributed by atoms with Gasteiger partial charge in [-0.05, 0) is 12.5 Å². The van der Waals surface area contributed by atoms with Crippen molar-refractivity contribution in [1.29, 1.82) is 0 Å². The fraction of sp³-hybridized carbons (Fsp3) is 0.273. The molecule has 2 heteroatoms. The summed E-state index contributed by atoms with van der Waals surface area (Å²) in [5.74, 6) is -0.506. The van der Waals surface area contributed by atoms with Gasteiger partial charge in [-0.2, -0.15) is 0 Å². The number of rotatable bonds is 3. The monoisotopic (exact) mass is 180 g/mol. The van der Waals surface area contributed by atoms with Crippen molar-refractivity contribution >= 4 is 0 Å². The Kier molecular flexibility index (Phi) is 2.83. The number of hydrogen-bond acceptors (Lipinski definition) is 1. The molecule has 0 aliphatic heterocycles. The molecular weight excluding hydrogens is 167 g/mol. The van der Waals surface area contributed by atoms with Gasteiger partial charge in [0.15, 0.2) is 0 Å². The van der Waals surface area contributed by atoms with Gasteiger partial charge >= 0.3 is 0 Å². The first-order chi connectivity index (χ1) is 6.02. The van der Waals surface area contributed by atoms with Crippen molar-refractivity contribution in [2.24, 2.45) is 0 Å². The summed E-state index contributed by atoms with van der Waals surface area (Å²) in [5, 5.41) is 9.86. The summed E-state index contributed by atoms with van der Waals surface area (Å²) in [6, 6.07) is 9.01. The molecule has 1 N–H and O–H groups in total. The minimum absolute atomic E-state index is 0.0585. The van der Waals surface area contributed by atoms with Crippen LogP contribution in [-0.2, 0) is 5.60 Å². The van der Waals surface area contributed by atoms with E-state index in [2.05, 4.69) is 6.58 Å². The Labute approximate surface area is 77.5 Å². The summed E-state index contributed by atoms with van der Waals surface area (Å²) in [4.78, 5) is 0. The molecule has 1 unspecified atom stereocenters. The topological polar surface area (TPSA) is 20.2 Å². The van der Waals surface area contributed by atoms with Crippen molar-refractivity contribution in [2.75, 3.05) is 0 Å². The predicted molar refractivity (Wildman–Crippen MR) is 50.9 cm³/mol. The van der Waals surface area contributed by atoms with Gasteiger partial charge in [0, 0.05) is 6.42 Å². The first kappa shape index (κ1) is 9.93. The molecule has 1 aromatic rings. The quantitative estimate of drug-likeness (QED) is 0.758. The highest BCUT2D eigenvalue weighted by Crippen LogP contribution is 2.27. The molecule has 1 atom stereocenters. The van der Waals surface area contributed by atoms with Crippen LogP contribution in [0, 0.1) is 0 Å². The maximum absolute atomic E-state index is 12.5. The molecule has 1 rings (SSSR count). The molecular formula is C11H13FO. The summed E-state index contributed by atoms with van der Waals surface area (Å²) in [6.07, 6.45) is -0.0585. The Morgan fingerprint density at radius 3 is 2.46 bits per heavy atom. The third-order valence-corrected chi connectivity index (χ3v) is 1.93. The van der Waals surface area contributed by atoms with Crippen LogP contribution >= 0.6 is 0 Å². The SMILES string of the molecule is C=C(F)CC(C)(O)c1ccccc1. The van der Waals surface area contributed by atoms with Crippen LogP contribution < -0.4 is 0 Å². The third kappa shape index (κ3) is 2.67. The lowest BCUT2D eigenvalue weighted by Crippen LogP contribution is -2.20. The number of halogens is 1. The van der Waals surface area contributed by atoms with E-state index >= 15 is 0 Å². The first-order valence-electron chi connectivity index (χ1n) is 4.13. The van der Waals surface area contributed by atoms with Crippen molar-refractivity contribution < 1.29 is 9.50 Å². The van der Waals surface area contributed by atoms with Crippen LogP contribution in [-0.4, -0.2) is 5.11 Å². The van der Waals surface area contributed by atoms with E-state index in [0.717, 1.165) is 0 Å². The Morgan fingerprint density at radius 1 is 1.46 bits per heavy atom. The lowest BCUT2D eigenvalue weighted by Gasteiger charge is -2.22. The largest absolute Gasteiger partial charge is 0.385 e. The van der Waals surface area contributed by atoms with Gasteiger partial charge in [0.05, 0.1) is 11.4 Å². The average Bonchev–Trinajstić information content (AvgIpc) is 2.04. The maximum atomic E-state index is 12.5. The molecule has 0 radical (unpaired) electrons. The minimum Gasteiger partial charge on any atom is -0.385 e. The van der Waals surface area contributed by atoms with Crippen LogP contribution in [0.4, 0.5) is 4.39 Å². The second-order valence-corrected chi connectivity index (χ2v) is 3.33. The highest BCUT2D eigenvalue weighted by molar-refractivity contribution is 5.22. The molecule has 70 valence electrons. The molecule has 0 saturated carbocycles. The predicted octanol–water partition coefficient (Wildman–Crippen LogP) is 2.77. The van der Waals surface area contributed by atoms with Gasteiger partial charge in [0.25, 0.3) is 0 Å². The van der Waals surface area contributed by atoms with Crippen molar-refractivity contribution in [1.82, 2.24) is 0 Å². The van der Waals surface area contributed by atoms with Gasteiger partial charge in [-0.1, -0.05) is 36.9 Å². The molecule has 0 aliphatic rings. The lowest BCUT2D eigenvalue weighted by atomic mass is 9.92. The number of aliphatic hydroxyl groups is 1. The molecule has 1 aromatic carbocycles. The van der Waals surface area contributed by atoms with E-state index in [-0.39, 0.29) is 6.42 Å². The fourth-order valence-electron chi connectivity index (χ4n) is 1.27. The van der Waals surface area contributed by atoms with Crippen LogP contribution in [0.25, 0.3) is 0 Å². The van der Waals surface area contributed by atoms with E-state index in [0.29, 0.717) is 5.56 Å². The van der Waals surface area contributed by atoms with E-state index in [1.54, 1.807) is 19.1 Å². The molecule has 0 aliphatic carbocycles. The van der Waals surface area contributed by atoms with Crippen LogP contribution in [0.5, 0.6) is 0 Å². The zero-order chi connectivity index (χ0) is 9.90. The molecule has 0 spiro atoms. The van der Waals surface area contributed by atoms with Gasteiger partial charge < -0.3 is 5.11 Å². The van der Waals surface area contributed by atoms with Crippen LogP contribution in [0.1, 0.15) is 18.9 Å². The standard InChI is InChI=1S/C11H13FO/c1-9(12)8-11(2,13)10-6-4-3-5-7-10/h3-7,13H,1,8H2,2H3. The molecule has 0 saturated heterocycles. The van der Waals surface area contributed by atoms with Crippen molar-refractivity contribution in [3.05, 3.63) is 48.3 Å². The summed E-state index contributed by atoms with van der Waals surface area (Å²) >= 11 is 0. The normalized spacial score (nSPS) is 15.0. The minimum atomic E-state index is -1.16. The summed E-state index contributed by atoms with van der Waals surface area (Å²) in [7, 11) is 0. The summed E-state index contributed by atoms with van der Waals surface area (Å²) < 4.78 is 12.5. The average molecular weight is 180 g/mol. The summed E-state index contributed by atoms with van der Waals surface area (Å²) in [6.45, 7) is 4.72. The van der Waals surface area contributed by atoms with E-state index in [4.69, 9.17) is 0 Å². The van der Waals surface area contributed by atoms with Gasteiger partial charge in [-0.3, -0.25) is 0 Å². The van der Waals surface area contributed by atoms with Gasteiger partial charge in [-0.25, -0.2) is 4.39 Å². The number of benzene rings is 1. The van der Waals surface area contributed by atoms with Crippen LogP contribution in [0.3, 0.4) is 0 Å². The first-order valence-corrected chi connectivity index (χ1v) is 4.13. The van der Waals surface area contributed by atoms with Gasteiger partial charge in [0.2, 0.25) is 0 Å². The second-order valence-electron chi connectivity index (χ2n) is 3.33. The molecule has 0 amide bonds. The third-order valence-electron chi connectivity index (χ3n) is 1.93. The Hall–Kier alpha value is -1.15. The Morgan fingerprint density at radius 2 is 2.00 bits per heavy atom. The molecule has 0 fully saturated rings. The molecule has 1 nitrogen and oxygen atoms in total. The Bertz CT molecular complexity index is 290. The van der Waals surface area contributed by atoms with Crippen molar-refractivity contribution in [3.63, 3.8) is 0 Å². The summed E-state index contributed by atoms with van der Waals surface area (Å²) in [5.41, 5.74) is -0.457. The second kappa shape index (κ2) is 3.71. The van der Waals surface area contributed by atoms with E-state index < -0.39 is 11.4 Å². The fourth-order valence-corrected chi connectivity index (χ4v) is 1.27. The van der Waals surface area contributed by atoms with Crippen LogP contribution in [0.2, 0.25) is 0 Å². The van der Waals surface area contributed by atoms with Gasteiger partial charge in [0.1, 0.15) is 0 Å². The maximum Gasteiger partial charge on any atom is 0.0960 e. The zero-order valence-corrected chi connectivity index (χ0v) is 7.63. The van der Waals surface area contributed by atoms with E-state index in [1.165, 1.54) is 0 Å².